The van der Waals surface area contributed by atoms with Gasteiger partial charge in [0.05, 0.1) is 23.0 Å². The van der Waals surface area contributed by atoms with Crippen LogP contribution in [0.4, 0.5) is 26.5 Å². The normalized spacial score (nSPS) is 10.9. The molecule has 33 heavy (non-hydrogen) atoms. The third kappa shape index (κ3) is 4.11. The first-order valence-corrected chi connectivity index (χ1v) is 9.81. The number of H-pyrrole nitrogens is 1. The molecule has 0 aliphatic carbocycles. The number of nitrogens with zero attached hydrogens (tertiary/aromatic N) is 5. The number of ether oxygens (including phenoxy) is 1. The number of rotatable bonds is 6. The lowest BCUT2D eigenvalue weighted by Crippen LogP contribution is -1.99. The lowest BCUT2D eigenvalue weighted by atomic mass is 10.2. The number of hydrogen-bond donors (Lipinski definition) is 3. The van der Waals surface area contributed by atoms with Gasteiger partial charge in [0.2, 0.25) is 17.8 Å². The molecule has 0 aliphatic heterocycles. The Bertz CT molecular complexity index is 1440. The van der Waals surface area contributed by atoms with Crippen LogP contribution in [0.1, 0.15) is 0 Å². The zero-order valence-corrected chi connectivity index (χ0v) is 17.2. The molecule has 11 heteroatoms. The number of hydrogen-bond acceptors (Lipinski definition) is 8. The summed E-state index contributed by atoms with van der Waals surface area (Å²) in [6, 6.07) is 11.2. The zero-order chi connectivity index (χ0) is 22.8. The summed E-state index contributed by atoms with van der Waals surface area (Å²) in [5.41, 5.74) is 1.61. The number of benzene rings is 1. The largest absolute Gasteiger partial charge is 0.437 e. The standard InChI is InChI=1S/C22H16F2N8O/c1-25-21-27-10-8-15(29-21)13-3-2-9-26-20(13)33-12-4-7-17(28-11-12)31-22-30-16-6-5-14(23)18(24)19(16)32-22/h2-11H,1H3,(H,25,27,29)(H2,28,30,31,32). The number of aromatic amines is 1. The number of halogens is 2. The Kier molecular flexibility index (Phi) is 5.19. The minimum absolute atomic E-state index is 0.0914. The van der Waals surface area contributed by atoms with Crippen LogP contribution in [0.2, 0.25) is 0 Å². The minimum atomic E-state index is -1.01. The molecule has 0 atom stereocenters. The average Bonchev–Trinajstić information content (AvgIpc) is 3.26. The second-order valence-electron chi connectivity index (χ2n) is 6.82. The van der Waals surface area contributed by atoms with E-state index in [-0.39, 0.29) is 11.5 Å². The van der Waals surface area contributed by atoms with E-state index in [1.807, 2.05) is 6.07 Å². The van der Waals surface area contributed by atoms with E-state index in [1.54, 1.807) is 43.7 Å². The van der Waals surface area contributed by atoms with Crippen molar-refractivity contribution in [1.82, 2.24) is 29.9 Å². The summed E-state index contributed by atoms with van der Waals surface area (Å²) in [6.45, 7) is 0. The fourth-order valence-electron chi connectivity index (χ4n) is 3.12. The molecule has 3 N–H and O–H groups in total. The maximum atomic E-state index is 13.9. The molecule has 0 amide bonds. The van der Waals surface area contributed by atoms with Crippen molar-refractivity contribution in [2.75, 3.05) is 17.7 Å². The number of pyridine rings is 2. The van der Waals surface area contributed by atoms with E-state index in [2.05, 4.69) is 40.5 Å². The Hall–Kier alpha value is -4.67. The second-order valence-corrected chi connectivity index (χ2v) is 6.82. The summed E-state index contributed by atoms with van der Waals surface area (Å²) in [6.07, 6.45) is 4.76. The van der Waals surface area contributed by atoms with Crippen LogP contribution < -0.4 is 15.4 Å². The first kappa shape index (κ1) is 20.2. The number of anilines is 3. The molecule has 0 saturated carbocycles. The highest BCUT2D eigenvalue weighted by atomic mass is 19.2. The Morgan fingerprint density at radius 2 is 1.85 bits per heavy atom. The van der Waals surface area contributed by atoms with Crippen molar-refractivity contribution in [3.05, 3.63) is 72.7 Å². The summed E-state index contributed by atoms with van der Waals surface area (Å²) in [4.78, 5) is 24.0. The fraction of sp³-hybridized carbons (Fsp3) is 0.0455. The molecule has 5 rings (SSSR count). The van der Waals surface area contributed by atoms with E-state index in [0.29, 0.717) is 40.2 Å². The maximum absolute atomic E-state index is 13.9. The highest BCUT2D eigenvalue weighted by molar-refractivity contribution is 5.79. The molecule has 0 aliphatic rings. The molecule has 164 valence electrons. The van der Waals surface area contributed by atoms with Gasteiger partial charge >= 0.3 is 0 Å². The SMILES string of the molecule is CNc1nccc(-c2cccnc2Oc2ccc(Nc3nc4c(F)c(F)ccc4[nH]3)nc2)n1. The Labute approximate surface area is 186 Å². The highest BCUT2D eigenvalue weighted by Gasteiger charge is 2.13. The molecule has 4 heterocycles. The number of aromatic nitrogens is 6. The number of nitrogens with one attached hydrogen (secondary N) is 3. The molecule has 9 nitrogen and oxygen atoms in total. The van der Waals surface area contributed by atoms with Crippen LogP contribution in [0.5, 0.6) is 11.6 Å². The van der Waals surface area contributed by atoms with E-state index in [4.69, 9.17) is 4.74 Å². The molecule has 1 aromatic carbocycles. The van der Waals surface area contributed by atoms with Crippen molar-refractivity contribution in [2.24, 2.45) is 0 Å². The van der Waals surface area contributed by atoms with Crippen molar-refractivity contribution >= 4 is 28.7 Å². The van der Waals surface area contributed by atoms with Gasteiger partial charge in [0.25, 0.3) is 0 Å². The second kappa shape index (κ2) is 8.46. The highest BCUT2D eigenvalue weighted by Crippen LogP contribution is 2.30. The van der Waals surface area contributed by atoms with Crippen LogP contribution >= 0.6 is 0 Å². The fourth-order valence-corrected chi connectivity index (χ4v) is 3.12. The maximum Gasteiger partial charge on any atom is 0.228 e. The van der Waals surface area contributed by atoms with Crippen LogP contribution in [0.15, 0.2) is 61.1 Å². The number of fused-ring (bicyclic) bond motifs is 1. The van der Waals surface area contributed by atoms with Crippen molar-refractivity contribution in [3.63, 3.8) is 0 Å². The molecule has 0 unspecified atom stereocenters. The van der Waals surface area contributed by atoms with Crippen LogP contribution in [-0.4, -0.2) is 37.0 Å². The van der Waals surface area contributed by atoms with Crippen LogP contribution in [-0.2, 0) is 0 Å². The molecular formula is C22H16F2N8O. The molecule has 0 bridgehead atoms. The van der Waals surface area contributed by atoms with Gasteiger partial charge in [-0.3, -0.25) is 0 Å². The van der Waals surface area contributed by atoms with Gasteiger partial charge in [-0.1, -0.05) is 0 Å². The topological polar surface area (TPSA) is 114 Å². The molecule has 0 fully saturated rings. The summed E-state index contributed by atoms with van der Waals surface area (Å²) < 4.78 is 33.2. The van der Waals surface area contributed by atoms with Gasteiger partial charge in [0, 0.05) is 19.4 Å². The Morgan fingerprint density at radius 3 is 2.67 bits per heavy atom. The van der Waals surface area contributed by atoms with Crippen LogP contribution in [0.3, 0.4) is 0 Å². The summed E-state index contributed by atoms with van der Waals surface area (Å²) in [5.74, 6) is -0.0301. The quantitative estimate of drug-likeness (QED) is 0.345. The molecule has 5 aromatic rings. The van der Waals surface area contributed by atoms with Crippen molar-refractivity contribution in [3.8, 4) is 22.9 Å². The monoisotopic (exact) mass is 446 g/mol. The van der Waals surface area contributed by atoms with Gasteiger partial charge < -0.3 is 20.4 Å². The van der Waals surface area contributed by atoms with Crippen molar-refractivity contribution in [2.45, 2.75) is 0 Å². The zero-order valence-electron chi connectivity index (χ0n) is 17.2. The lowest BCUT2D eigenvalue weighted by molar-refractivity contribution is 0.462. The molecule has 0 saturated heterocycles. The van der Waals surface area contributed by atoms with E-state index >= 15 is 0 Å². The lowest BCUT2D eigenvalue weighted by Gasteiger charge is -2.10. The summed E-state index contributed by atoms with van der Waals surface area (Å²) in [7, 11) is 1.74. The van der Waals surface area contributed by atoms with E-state index in [0.717, 1.165) is 6.07 Å². The Morgan fingerprint density at radius 1 is 0.939 bits per heavy atom. The van der Waals surface area contributed by atoms with Crippen LogP contribution in [0, 0.1) is 11.6 Å². The van der Waals surface area contributed by atoms with Gasteiger partial charge in [-0.15, -0.1) is 0 Å². The first-order chi connectivity index (χ1) is 16.1. The molecule has 0 spiro atoms. The third-order valence-corrected chi connectivity index (χ3v) is 4.67. The van der Waals surface area contributed by atoms with Crippen molar-refractivity contribution < 1.29 is 13.5 Å². The molecule has 4 aromatic heterocycles. The van der Waals surface area contributed by atoms with Gasteiger partial charge in [0.1, 0.15) is 17.1 Å². The van der Waals surface area contributed by atoms with E-state index in [1.165, 1.54) is 12.3 Å². The van der Waals surface area contributed by atoms with Gasteiger partial charge in [-0.25, -0.2) is 33.7 Å². The minimum Gasteiger partial charge on any atom is -0.437 e. The molecule has 0 radical (unpaired) electrons. The summed E-state index contributed by atoms with van der Waals surface area (Å²) >= 11 is 0. The number of imidazole rings is 1. The van der Waals surface area contributed by atoms with Gasteiger partial charge in [0.15, 0.2) is 11.6 Å². The Balaban J connectivity index is 1.35. The van der Waals surface area contributed by atoms with E-state index < -0.39 is 11.6 Å². The van der Waals surface area contributed by atoms with Gasteiger partial charge in [-0.05, 0) is 42.5 Å². The van der Waals surface area contributed by atoms with Crippen molar-refractivity contribution in [1.29, 1.82) is 0 Å². The summed E-state index contributed by atoms with van der Waals surface area (Å²) in [5, 5.41) is 5.82. The van der Waals surface area contributed by atoms with Crippen LogP contribution in [0.25, 0.3) is 22.3 Å². The molecular weight excluding hydrogens is 430 g/mol. The average molecular weight is 446 g/mol. The predicted molar refractivity (Wildman–Crippen MR) is 118 cm³/mol. The van der Waals surface area contributed by atoms with Gasteiger partial charge in [-0.2, -0.15) is 0 Å². The van der Waals surface area contributed by atoms with E-state index in [9.17, 15) is 8.78 Å². The first-order valence-electron chi connectivity index (χ1n) is 9.81. The smallest absolute Gasteiger partial charge is 0.228 e. The third-order valence-electron chi connectivity index (χ3n) is 4.67. The predicted octanol–water partition coefficient (Wildman–Crippen LogP) is 4.67.